The SMILES string of the molecule is CCC(C)C(=O)Nc1cccc(S(=O)(=O)Nc2nc3ccccc3nc2Nc2cc(OC)cc(OC)c2)c1. The van der Waals surface area contributed by atoms with Crippen LogP contribution in [-0.4, -0.2) is 38.5 Å². The average molecular weight is 536 g/mol. The van der Waals surface area contributed by atoms with E-state index in [1.54, 1.807) is 48.5 Å². The van der Waals surface area contributed by atoms with Crippen LogP contribution in [0.5, 0.6) is 11.5 Å². The molecule has 198 valence electrons. The maximum absolute atomic E-state index is 13.4. The topological polar surface area (TPSA) is 132 Å². The highest BCUT2D eigenvalue weighted by molar-refractivity contribution is 7.92. The first-order chi connectivity index (χ1) is 18.2. The Morgan fingerprint density at radius 2 is 1.50 bits per heavy atom. The van der Waals surface area contributed by atoms with Crippen LogP contribution in [0.4, 0.5) is 23.0 Å². The molecule has 3 N–H and O–H groups in total. The molecule has 0 saturated carbocycles. The second-order valence-electron chi connectivity index (χ2n) is 8.57. The Hall–Kier alpha value is -4.38. The molecule has 0 spiro atoms. The molecule has 0 aliphatic heterocycles. The predicted molar refractivity (Wildman–Crippen MR) is 148 cm³/mol. The van der Waals surface area contributed by atoms with Crippen molar-refractivity contribution in [2.24, 2.45) is 5.92 Å². The summed E-state index contributed by atoms with van der Waals surface area (Å²) in [6, 6.07) is 18.3. The molecule has 4 aromatic rings. The minimum Gasteiger partial charge on any atom is -0.497 e. The van der Waals surface area contributed by atoms with E-state index in [9.17, 15) is 13.2 Å². The van der Waals surface area contributed by atoms with E-state index >= 15 is 0 Å². The number of para-hydroxylation sites is 2. The van der Waals surface area contributed by atoms with Crippen LogP contribution in [0.25, 0.3) is 11.0 Å². The van der Waals surface area contributed by atoms with E-state index in [0.717, 1.165) is 0 Å². The Bertz CT molecular complexity index is 1550. The minimum absolute atomic E-state index is 0.000435. The van der Waals surface area contributed by atoms with Crippen LogP contribution in [0.1, 0.15) is 20.3 Å². The summed E-state index contributed by atoms with van der Waals surface area (Å²) < 4.78 is 40.0. The number of sulfonamides is 1. The highest BCUT2D eigenvalue weighted by Crippen LogP contribution is 2.31. The molecule has 0 fully saturated rings. The molecular formula is C27H29N5O5S. The van der Waals surface area contributed by atoms with Gasteiger partial charge in [-0.25, -0.2) is 18.4 Å². The molecule has 0 saturated heterocycles. The van der Waals surface area contributed by atoms with E-state index in [1.807, 2.05) is 19.9 Å². The number of benzene rings is 3. The molecule has 1 unspecified atom stereocenters. The highest BCUT2D eigenvalue weighted by Gasteiger charge is 2.21. The molecule has 0 aliphatic rings. The summed E-state index contributed by atoms with van der Waals surface area (Å²) in [5.74, 6) is 0.877. The number of nitrogens with zero attached hydrogens (tertiary/aromatic N) is 2. The molecule has 0 bridgehead atoms. The van der Waals surface area contributed by atoms with Crippen LogP contribution >= 0.6 is 0 Å². The van der Waals surface area contributed by atoms with Crippen LogP contribution in [0.2, 0.25) is 0 Å². The van der Waals surface area contributed by atoms with Crippen LogP contribution < -0.4 is 24.8 Å². The molecule has 1 heterocycles. The molecule has 38 heavy (non-hydrogen) atoms. The van der Waals surface area contributed by atoms with E-state index < -0.39 is 10.0 Å². The van der Waals surface area contributed by atoms with Crippen molar-refractivity contribution in [3.05, 3.63) is 66.7 Å². The quantitative estimate of drug-likeness (QED) is 0.253. The van der Waals surface area contributed by atoms with Gasteiger partial charge in [0.2, 0.25) is 5.91 Å². The van der Waals surface area contributed by atoms with E-state index in [2.05, 4.69) is 25.3 Å². The predicted octanol–water partition coefficient (Wildman–Crippen LogP) is 5.18. The van der Waals surface area contributed by atoms with Crippen molar-refractivity contribution in [2.75, 3.05) is 29.6 Å². The van der Waals surface area contributed by atoms with E-state index in [-0.39, 0.29) is 28.4 Å². The fourth-order valence-electron chi connectivity index (χ4n) is 3.55. The van der Waals surface area contributed by atoms with Gasteiger partial charge in [-0.15, -0.1) is 0 Å². The second kappa shape index (κ2) is 11.3. The van der Waals surface area contributed by atoms with Crippen molar-refractivity contribution in [3.8, 4) is 11.5 Å². The van der Waals surface area contributed by atoms with Gasteiger partial charge in [0.05, 0.1) is 30.1 Å². The third-order valence-corrected chi connectivity index (χ3v) is 7.22. The Morgan fingerprint density at radius 3 is 2.11 bits per heavy atom. The summed E-state index contributed by atoms with van der Waals surface area (Å²) in [4.78, 5) is 21.4. The molecular weight excluding hydrogens is 506 g/mol. The van der Waals surface area contributed by atoms with Gasteiger partial charge in [0, 0.05) is 35.5 Å². The molecule has 3 aromatic carbocycles. The molecule has 1 amide bonds. The standard InChI is InChI=1S/C27H29N5O5S/c1-5-17(2)27(33)29-18-9-8-10-22(15-18)38(34,35)32-26-25(30-23-11-6-7-12-24(23)31-26)28-19-13-20(36-3)16-21(14-19)37-4/h6-17H,5H2,1-4H3,(H,28,30)(H,29,33)(H,31,32). The van der Waals surface area contributed by atoms with Crippen LogP contribution in [0.3, 0.4) is 0 Å². The van der Waals surface area contributed by atoms with Gasteiger partial charge in [-0.2, -0.15) is 0 Å². The summed E-state index contributed by atoms with van der Waals surface area (Å²) in [7, 11) is -1.03. The van der Waals surface area contributed by atoms with Gasteiger partial charge in [-0.1, -0.05) is 32.0 Å². The number of amides is 1. The first kappa shape index (κ1) is 26.7. The van der Waals surface area contributed by atoms with Gasteiger partial charge in [-0.3, -0.25) is 9.52 Å². The monoisotopic (exact) mass is 535 g/mol. The summed E-state index contributed by atoms with van der Waals surface area (Å²) in [6.07, 6.45) is 0.668. The van der Waals surface area contributed by atoms with Crippen molar-refractivity contribution < 1.29 is 22.7 Å². The highest BCUT2D eigenvalue weighted by atomic mass is 32.2. The van der Waals surface area contributed by atoms with Crippen molar-refractivity contribution in [1.82, 2.24) is 9.97 Å². The number of nitrogens with one attached hydrogen (secondary N) is 3. The van der Waals surface area contributed by atoms with Gasteiger partial charge in [0.1, 0.15) is 11.5 Å². The molecule has 0 aliphatic carbocycles. The van der Waals surface area contributed by atoms with Crippen molar-refractivity contribution >= 4 is 50.0 Å². The number of hydrogen-bond donors (Lipinski definition) is 3. The number of ether oxygens (including phenoxy) is 2. The number of carbonyl (C=O) groups excluding carboxylic acids is 1. The van der Waals surface area contributed by atoms with Gasteiger partial charge in [-0.05, 0) is 36.8 Å². The van der Waals surface area contributed by atoms with Gasteiger partial charge >= 0.3 is 0 Å². The Morgan fingerprint density at radius 1 is 0.868 bits per heavy atom. The Balaban J connectivity index is 1.71. The molecule has 0 radical (unpaired) electrons. The lowest BCUT2D eigenvalue weighted by Crippen LogP contribution is -2.20. The first-order valence-corrected chi connectivity index (χ1v) is 13.4. The van der Waals surface area contributed by atoms with E-state index in [4.69, 9.17) is 9.47 Å². The third kappa shape index (κ3) is 6.12. The van der Waals surface area contributed by atoms with Crippen molar-refractivity contribution in [1.29, 1.82) is 0 Å². The lowest BCUT2D eigenvalue weighted by atomic mass is 10.1. The Labute approximate surface area is 221 Å². The van der Waals surface area contributed by atoms with Crippen molar-refractivity contribution in [3.63, 3.8) is 0 Å². The maximum atomic E-state index is 13.4. The van der Waals surface area contributed by atoms with Gasteiger partial charge in [0.15, 0.2) is 11.6 Å². The summed E-state index contributed by atoms with van der Waals surface area (Å²) in [6.45, 7) is 3.72. The number of carbonyl (C=O) groups is 1. The molecule has 1 atom stereocenters. The lowest BCUT2D eigenvalue weighted by molar-refractivity contribution is -0.119. The van der Waals surface area contributed by atoms with Gasteiger partial charge < -0.3 is 20.1 Å². The fraction of sp³-hybridized carbons (Fsp3) is 0.222. The van der Waals surface area contributed by atoms with E-state index in [0.29, 0.717) is 40.3 Å². The first-order valence-electron chi connectivity index (χ1n) is 11.9. The number of hydrogen-bond acceptors (Lipinski definition) is 8. The number of rotatable bonds is 10. The normalized spacial score (nSPS) is 12.0. The van der Waals surface area contributed by atoms with Crippen molar-refractivity contribution in [2.45, 2.75) is 25.2 Å². The lowest BCUT2D eigenvalue weighted by Gasteiger charge is -2.15. The second-order valence-corrected chi connectivity index (χ2v) is 10.3. The van der Waals surface area contributed by atoms with Crippen LogP contribution in [0.15, 0.2) is 71.6 Å². The average Bonchev–Trinajstić information content (AvgIpc) is 2.92. The zero-order valence-electron chi connectivity index (χ0n) is 21.5. The van der Waals surface area contributed by atoms with Gasteiger partial charge in [0.25, 0.3) is 10.0 Å². The number of fused-ring (bicyclic) bond motifs is 1. The molecule has 1 aromatic heterocycles. The number of methoxy groups -OCH3 is 2. The largest absolute Gasteiger partial charge is 0.497 e. The molecule has 4 rings (SSSR count). The van der Waals surface area contributed by atoms with Crippen LogP contribution in [0, 0.1) is 5.92 Å². The zero-order valence-corrected chi connectivity index (χ0v) is 22.3. The number of anilines is 4. The molecule has 11 heteroatoms. The van der Waals surface area contributed by atoms with Crippen LogP contribution in [-0.2, 0) is 14.8 Å². The summed E-state index contributed by atoms with van der Waals surface area (Å²) in [5, 5.41) is 5.89. The summed E-state index contributed by atoms with van der Waals surface area (Å²) in [5.41, 5.74) is 2.02. The third-order valence-electron chi connectivity index (χ3n) is 5.89. The number of aromatic nitrogens is 2. The Kier molecular flexibility index (Phi) is 7.96. The fourth-order valence-corrected chi connectivity index (χ4v) is 4.61. The molecule has 10 nitrogen and oxygen atoms in total. The maximum Gasteiger partial charge on any atom is 0.263 e. The summed E-state index contributed by atoms with van der Waals surface area (Å²) >= 11 is 0. The zero-order chi connectivity index (χ0) is 27.3. The smallest absolute Gasteiger partial charge is 0.263 e. The minimum atomic E-state index is -4.10. The van der Waals surface area contributed by atoms with E-state index in [1.165, 1.54) is 26.4 Å².